The predicted molar refractivity (Wildman–Crippen MR) is 109 cm³/mol. The minimum Gasteiger partial charge on any atom is -0.458 e. The Hall–Kier alpha value is -3.59. The molecule has 0 aliphatic carbocycles. The third kappa shape index (κ3) is 2.50. The van der Waals surface area contributed by atoms with E-state index in [4.69, 9.17) is 4.74 Å². The van der Waals surface area contributed by atoms with Crippen LogP contribution < -0.4 is 5.56 Å². The quantitative estimate of drug-likeness (QED) is 0.221. The highest BCUT2D eigenvalue weighted by Crippen LogP contribution is 2.40. The standard InChI is InChI=1S/C22H18FN3O5/c1-3-22(29)15-5-18-19-13(8-26(18)20(27)14(15)9-31-21(22)28)12(7-24-30)11-4-10(2)16(23)6-17(11)25-19/h4-7,29-30H,3,8-9H2,1-2H3/b24-7+/t22-/m0/s1. The first kappa shape index (κ1) is 19.4. The largest absolute Gasteiger partial charge is 0.458 e. The molecule has 0 radical (unpaired) electrons. The van der Waals surface area contributed by atoms with Crippen LogP contribution in [0, 0.1) is 12.7 Å². The number of aryl methyl sites for hydroxylation is 1. The summed E-state index contributed by atoms with van der Waals surface area (Å²) in [4.78, 5) is 30.1. The van der Waals surface area contributed by atoms with Crippen molar-refractivity contribution in [1.82, 2.24) is 9.55 Å². The number of oxime groups is 1. The van der Waals surface area contributed by atoms with Crippen LogP contribution in [0.1, 0.15) is 41.2 Å². The number of rotatable bonds is 2. The normalized spacial score (nSPS) is 19.4. The molecule has 1 atom stereocenters. The first-order valence-corrected chi connectivity index (χ1v) is 9.77. The van der Waals surface area contributed by atoms with Crippen molar-refractivity contribution in [3.8, 4) is 11.4 Å². The average Bonchev–Trinajstić information content (AvgIpc) is 3.11. The zero-order chi connectivity index (χ0) is 22.1. The molecule has 0 unspecified atom stereocenters. The maximum absolute atomic E-state index is 14.2. The highest BCUT2D eigenvalue weighted by Gasteiger charge is 2.45. The number of ether oxygens (including phenoxy) is 1. The van der Waals surface area contributed by atoms with Gasteiger partial charge in [0, 0.05) is 28.1 Å². The van der Waals surface area contributed by atoms with Crippen molar-refractivity contribution in [1.29, 1.82) is 0 Å². The minimum atomic E-state index is -1.93. The summed E-state index contributed by atoms with van der Waals surface area (Å²) in [6.45, 7) is 3.17. The third-order valence-corrected chi connectivity index (χ3v) is 6.20. The van der Waals surface area contributed by atoms with Gasteiger partial charge in [0.15, 0.2) is 5.60 Å². The van der Waals surface area contributed by atoms with Gasteiger partial charge >= 0.3 is 5.97 Å². The van der Waals surface area contributed by atoms with Gasteiger partial charge in [-0.15, -0.1) is 0 Å². The number of benzene rings is 1. The van der Waals surface area contributed by atoms with Gasteiger partial charge in [-0.25, -0.2) is 14.2 Å². The second-order valence-electron chi connectivity index (χ2n) is 7.82. The summed E-state index contributed by atoms with van der Waals surface area (Å²) in [5.41, 5.74) is 0.776. The molecular weight excluding hydrogens is 405 g/mol. The fourth-order valence-corrected chi connectivity index (χ4v) is 4.45. The van der Waals surface area contributed by atoms with E-state index in [-0.39, 0.29) is 30.7 Å². The summed E-state index contributed by atoms with van der Waals surface area (Å²) in [7, 11) is 0. The Balaban J connectivity index is 1.86. The van der Waals surface area contributed by atoms with Crippen LogP contribution in [-0.4, -0.2) is 32.0 Å². The molecule has 1 aromatic carbocycles. The Kier molecular flexibility index (Phi) is 4.03. The van der Waals surface area contributed by atoms with E-state index in [1.54, 1.807) is 26.0 Å². The van der Waals surface area contributed by atoms with E-state index in [9.17, 15) is 24.3 Å². The van der Waals surface area contributed by atoms with Gasteiger partial charge in [0.2, 0.25) is 0 Å². The van der Waals surface area contributed by atoms with Crippen molar-refractivity contribution < 1.29 is 24.2 Å². The van der Waals surface area contributed by atoms with Crippen LogP contribution in [0.25, 0.3) is 22.3 Å². The molecule has 31 heavy (non-hydrogen) atoms. The van der Waals surface area contributed by atoms with Gasteiger partial charge in [-0.2, -0.15) is 0 Å². The summed E-state index contributed by atoms with van der Waals surface area (Å²) in [5.74, 6) is -1.24. The molecule has 9 heteroatoms. The molecule has 0 fully saturated rings. The second kappa shape index (κ2) is 6.45. The van der Waals surface area contributed by atoms with E-state index in [0.717, 1.165) is 0 Å². The molecule has 0 bridgehead atoms. The van der Waals surface area contributed by atoms with Crippen LogP contribution in [0.3, 0.4) is 0 Å². The van der Waals surface area contributed by atoms with Gasteiger partial charge in [-0.05, 0) is 31.0 Å². The lowest BCUT2D eigenvalue weighted by Gasteiger charge is -2.31. The lowest BCUT2D eigenvalue weighted by Crippen LogP contribution is -2.44. The van der Waals surface area contributed by atoms with Crippen molar-refractivity contribution in [3.63, 3.8) is 0 Å². The van der Waals surface area contributed by atoms with Crippen molar-refractivity contribution in [2.24, 2.45) is 5.16 Å². The molecule has 3 aromatic rings. The van der Waals surface area contributed by atoms with Crippen LogP contribution in [0.15, 0.2) is 28.1 Å². The average molecular weight is 423 g/mol. The minimum absolute atomic E-state index is 0.0344. The number of hydrogen-bond donors (Lipinski definition) is 2. The fourth-order valence-electron chi connectivity index (χ4n) is 4.45. The summed E-state index contributed by atoms with van der Waals surface area (Å²) in [5, 5.41) is 23.9. The Morgan fingerprint density at radius 3 is 2.81 bits per heavy atom. The Bertz CT molecular complexity index is 1390. The molecule has 2 N–H and O–H groups in total. The van der Waals surface area contributed by atoms with E-state index in [2.05, 4.69) is 10.1 Å². The SMILES string of the molecule is CC[C@@]1(O)C(=O)OCc2c1cc1n(c2=O)Cc2c-1nc1cc(F)c(C)cc1c2/C=N/O. The number of cyclic esters (lactones) is 1. The highest BCUT2D eigenvalue weighted by atomic mass is 19.1. The van der Waals surface area contributed by atoms with Crippen LogP contribution >= 0.6 is 0 Å². The van der Waals surface area contributed by atoms with Crippen LogP contribution in [0.4, 0.5) is 4.39 Å². The molecule has 2 aliphatic rings. The van der Waals surface area contributed by atoms with E-state index in [1.165, 1.54) is 16.8 Å². The Morgan fingerprint density at radius 2 is 2.10 bits per heavy atom. The van der Waals surface area contributed by atoms with Crippen molar-refractivity contribution in [2.45, 2.75) is 39.0 Å². The number of halogens is 1. The summed E-state index contributed by atoms with van der Waals surface area (Å²) in [6.07, 6.45) is 1.28. The van der Waals surface area contributed by atoms with E-state index < -0.39 is 22.9 Å². The molecule has 2 aliphatic heterocycles. The second-order valence-corrected chi connectivity index (χ2v) is 7.82. The molecule has 0 saturated carbocycles. The predicted octanol–water partition coefficient (Wildman–Crippen LogP) is 2.34. The summed E-state index contributed by atoms with van der Waals surface area (Å²) < 4.78 is 20.8. The number of nitrogens with zero attached hydrogens (tertiary/aromatic N) is 3. The lowest BCUT2D eigenvalue weighted by molar-refractivity contribution is -0.172. The third-order valence-electron chi connectivity index (χ3n) is 6.20. The number of aromatic nitrogens is 2. The zero-order valence-corrected chi connectivity index (χ0v) is 16.8. The van der Waals surface area contributed by atoms with Gasteiger partial charge < -0.3 is 19.6 Å². The molecule has 8 nitrogen and oxygen atoms in total. The van der Waals surface area contributed by atoms with Crippen molar-refractivity contribution >= 4 is 23.1 Å². The summed E-state index contributed by atoms with van der Waals surface area (Å²) >= 11 is 0. The molecule has 2 aromatic heterocycles. The Morgan fingerprint density at radius 1 is 1.32 bits per heavy atom. The molecular formula is C22H18FN3O5. The molecule has 5 rings (SSSR count). The maximum atomic E-state index is 14.2. The number of carbonyl (C=O) groups is 1. The Labute approximate surface area is 175 Å². The molecule has 0 amide bonds. The maximum Gasteiger partial charge on any atom is 0.343 e. The molecule has 158 valence electrons. The molecule has 0 saturated heterocycles. The van der Waals surface area contributed by atoms with Crippen LogP contribution in [-0.2, 0) is 28.3 Å². The van der Waals surface area contributed by atoms with E-state index >= 15 is 0 Å². The van der Waals surface area contributed by atoms with Crippen molar-refractivity contribution in [2.75, 3.05) is 0 Å². The first-order valence-electron chi connectivity index (χ1n) is 9.77. The van der Waals surface area contributed by atoms with Gasteiger partial charge in [-0.1, -0.05) is 12.1 Å². The monoisotopic (exact) mass is 423 g/mol. The number of esters is 1. The number of fused-ring (bicyclic) bond motifs is 5. The van der Waals surface area contributed by atoms with Crippen molar-refractivity contribution in [3.05, 3.63) is 62.2 Å². The number of carbonyl (C=O) groups excluding carboxylic acids is 1. The zero-order valence-electron chi connectivity index (χ0n) is 16.8. The number of aliphatic hydroxyl groups is 1. The molecule has 4 heterocycles. The molecule has 0 spiro atoms. The van der Waals surface area contributed by atoms with E-state index in [0.29, 0.717) is 39.0 Å². The smallest absolute Gasteiger partial charge is 0.343 e. The van der Waals surface area contributed by atoms with Gasteiger partial charge in [-0.3, -0.25) is 4.79 Å². The van der Waals surface area contributed by atoms with E-state index in [1.807, 2.05) is 0 Å². The lowest BCUT2D eigenvalue weighted by atomic mass is 9.86. The first-order chi connectivity index (χ1) is 14.8. The van der Waals surface area contributed by atoms with Gasteiger partial charge in [0.05, 0.1) is 35.2 Å². The fraction of sp³-hybridized carbons (Fsp3) is 0.273. The van der Waals surface area contributed by atoms with Gasteiger partial charge in [0.25, 0.3) is 5.56 Å². The van der Waals surface area contributed by atoms with Crippen LogP contribution in [0.5, 0.6) is 0 Å². The topological polar surface area (TPSA) is 114 Å². The van der Waals surface area contributed by atoms with Gasteiger partial charge in [0.1, 0.15) is 12.4 Å². The number of hydrogen-bond acceptors (Lipinski definition) is 7. The summed E-state index contributed by atoms with van der Waals surface area (Å²) in [6, 6.07) is 4.49. The number of pyridine rings is 2. The highest BCUT2D eigenvalue weighted by molar-refractivity contribution is 6.02. The van der Waals surface area contributed by atoms with Crippen LogP contribution in [0.2, 0.25) is 0 Å².